The summed E-state index contributed by atoms with van der Waals surface area (Å²) in [6.07, 6.45) is 0.498. The van der Waals surface area contributed by atoms with Crippen LogP contribution in [0.25, 0.3) is 0 Å². The molecule has 3 N–H and O–H groups in total. The van der Waals surface area contributed by atoms with Crippen molar-refractivity contribution >= 4 is 31.9 Å². The highest BCUT2D eigenvalue weighted by molar-refractivity contribution is 9.10. The van der Waals surface area contributed by atoms with E-state index in [1.807, 2.05) is 0 Å². The molecule has 1 unspecified atom stereocenters. The van der Waals surface area contributed by atoms with Crippen molar-refractivity contribution in [2.75, 3.05) is 6.54 Å². The van der Waals surface area contributed by atoms with Crippen LogP contribution in [-0.4, -0.2) is 37.2 Å². The minimum atomic E-state index is -3.78. The molecular weight excluding hydrogens is 362 g/mol. The van der Waals surface area contributed by atoms with Crippen LogP contribution in [0.3, 0.4) is 0 Å². The van der Waals surface area contributed by atoms with Crippen LogP contribution in [-0.2, 0) is 10.0 Å². The van der Waals surface area contributed by atoms with Crippen molar-refractivity contribution in [1.82, 2.24) is 4.72 Å². The number of halogens is 1. The second-order valence-corrected chi connectivity index (χ2v) is 7.39. The van der Waals surface area contributed by atoms with Crippen LogP contribution in [0.2, 0.25) is 0 Å². The van der Waals surface area contributed by atoms with Gasteiger partial charge in [0.15, 0.2) is 0 Å². The minimum Gasteiger partial charge on any atom is -0.478 e. The molecule has 8 heteroatoms. The van der Waals surface area contributed by atoms with E-state index >= 15 is 0 Å². The Morgan fingerprint density at radius 1 is 1.43 bits per heavy atom. The fourth-order valence-electron chi connectivity index (χ4n) is 1.72. The molecule has 0 bridgehead atoms. The molecule has 0 aliphatic heterocycles. The molecule has 0 fully saturated rings. The molecule has 0 saturated heterocycles. The Morgan fingerprint density at radius 3 is 2.57 bits per heavy atom. The molecule has 1 rings (SSSR count). The first-order chi connectivity index (χ1) is 9.65. The summed E-state index contributed by atoms with van der Waals surface area (Å²) in [6.45, 7) is 3.41. The summed E-state index contributed by atoms with van der Waals surface area (Å²) in [4.78, 5) is 11.0. The Hall–Kier alpha value is -0.960. The molecule has 0 spiro atoms. The van der Waals surface area contributed by atoms with Gasteiger partial charge in [0.05, 0.1) is 16.6 Å². The lowest BCUT2D eigenvalue weighted by atomic mass is 10.1. The monoisotopic (exact) mass is 379 g/mol. The van der Waals surface area contributed by atoms with Gasteiger partial charge in [-0.1, -0.05) is 15.9 Å². The van der Waals surface area contributed by atoms with Gasteiger partial charge in [0.1, 0.15) is 0 Å². The predicted octanol–water partition coefficient (Wildman–Crippen LogP) is 1.90. The molecule has 0 aliphatic carbocycles. The molecule has 0 heterocycles. The summed E-state index contributed by atoms with van der Waals surface area (Å²) in [7, 11) is -3.78. The van der Waals surface area contributed by atoms with Crippen molar-refractivity contribution in [2.24, 2.45) is 0 Å². The summed E-state index contributed by atoms with van der Waals surface area (Å²) in [5.74, 6) is -1.18. The summed E-state index contributed by atoms with van der Waals surface area (Å²) >= 11 is 3.17. The standard InChI is InChI=1S/C13H18BrNO5S/c1-8(16)4-3-5-15-21(19,20)10-6-11(13(17)18)9(2)12(14)7-10/h6-8,15-16H,3-5H2,1-2H3,(H,17,18). The predicted molar refractivity (Wildman–Crippen MR) is 81.9 cm³/mol. The third-order valence-corrected chi connectivity index (χ3v) is 5.21. The van der Waals surface area contributed by atoms with E-state index < -0.39 is 22.1 Å². The molecule has 0 aliphatic rings. The van der Waals surface area contributed by atoms with Gasteiger partial charge in [-0.25, -0.2) is 17.9 Å². The van der Waals surface area contributed by atoms with Crippen LogP contribution >= 0.6 is 15.9 Å². The number of aliphatic hydroxyl groups excluding tert-OH is 1. The molecule has 0 radical (unpaired) electrons. The molecule has 1 aromatic carbocycles. The molecule has 0 saturated carbocycles. The van der Waals surface area contributed by atoms with Gasteiger partial charge in [0.25, 0.3) is 0 Å². The van der Waals surface area contributed by atoms with E-state index in [0.717, 1.165) is 6.07 Å². The summed E-state index contributed by atoms with van der Waals surface area (Å²) in [6, 6.07) is 2.51. The van der Waals surface area contributed by atoms with E-state index in [0.29, 0.717) is 22.9 Å². The molecule has 21 heavy (non-hydrogen) atoms. The normalized spacial score (nSPS) is 13.1. The maximum atomic E-state index is 12.1. The zero-order chi connectivity index (χ0) is 16.2. The van der Waals surface area contributed by atoms with Gasteiger partial charge in [-0.15, -0.1) is 0 Å². The Morgan fingerprint density at radius 2 is 2.05 bits per heavy atom. The van der Waals surface area contributed by atoms with Crippen molar-refractivity contribution in [3.63, 3.8) is 0 Å². The highest BCUT2D eigenvalue weighted by Crippen LogP contribution is 2.25. The van der Waals surface area contributed by atoms with E-state index in [9.17, 15) is 13.2 Å². The highest BCUT2D eigenvalue weighted by Gasteiger charge is 2.19. The number of carboxylic acids is 1. The molecule has 6 nitrogen and oxygen atoms in total. The second-order valence-electron chi connectivity index (χ2n) is 4.77. The van der Waals surface area contributed by atoms with Crippen LogP contribution in [0.4, 0.5) is 0 Å². The fraction of sp³-hybridized carbons (Fsp3) is 0.462. The number of hydrogen-bond acceptors (Lipinski definition) is 4. The average Bonchev–Trinajstić information content (AvgIpc) is 2.37. The number of carbonyl (C=O) groups is 1. The van der Waals surface area contributed by atoms with Gasteiger partial charge in [-0.3, -0.25) is 0 Å². The smallest absolute Gasteiger partial charge is 0.336 e. The SMILES string of the molecule is Cc1c(Br)cc(S(=O)(=O)NCCCC(C)O)cc1C(=O)O. The first kappa shape index (κ1) is 18.1. The molecule has 1 atom stereocenters. The van der Waals surface area contributed by atoms with E-state index in [4.69, 9.17) is 10.2 Å². The first-order valence-corrected chi connectivity index (χ1v) is 8.64. The molecule has 118 valence electrons. The Kier molecular flexibility index (Phi) is 6.33. The van der Waals surface area contributed by atoms with Crippen molar-refractivity contribution in [3.05, 3.63) is 27.7 Å². The fourth-order valence-corrected chi connectivity index (χ4v) is 3.46. The number of nitrogens with one attached hydrogen (secondary N) is 1. The third-order valence-electron chi connectivity index (χ3n) is 2.95. The lowest BCUT2D eigenvalue weighted by molar-refractivity contribution is 0.0695. The number of rotatable bonds is 7. The summed E-state index contributed by atoms with van der Waals surface area (Å²) in [5.41, 5.74) is 0.407. The maximum absolute atomic E-state index is 12.1. The van der Waals surface area contributed by atoms with Crippen LogP contribution in [0, 0.1) is 6.92 Å². The number of sulfonamides is 1. The van der Waals surface area contributed by atoms with Gasteiger partial charge in [-0.05, 0) is 44.4 Å². The van der Waals surface area contributed by atoms with Crippen molar-refractivity contribution in [2.45, 2.75) is 37.7 Å². The number of aliphatic hydroxyl groups is 1. The quantitative estimate of drug-likeness (QED) is 0.627. The molecule has 0 aromatic heterocycles. The van der Waals surface area contributed by atoms with E-state index in [2.05, 4.69) is 20.7 Å². The summed E-state index contributed by atoms with van der Waals surface area (Å²) in [5, 5.41) is 18.2. The lowest BCUT2D eigenvalue weighted by Gasteiger charge is -2.11. The van der Waals surface area contributed by atoms with Gasteiger partial charge in [0.2, 0.25) is 10.0 Å². The van der Waals surface area contributed by atoms with Crippen molar-refractivity contribution in [3.8, 4) is 0 Å². The van der Waals surface area contributed by atoms with Gasteiger partial charge < -0.3 is 10.2 Å². The summed E-state index contributed by atoms with van der Waals surface area (Å²) < 4.78 is 27.1. The maximum Gasteiger partial charge on any atom is 0.336 e. The molecule has 0 amide bonds. The zero-order valence-electron chi connectivity index (χ0n) is 11.8. The minimum absolute atomic E-state index is 0.0614. The van der Waals surface area contributed by atoms with Crippen LogP contribution < -0.4 is 4.72 Å². The topological polar surface area (TPSA) is 104 Å². The number of benzene rings is 1. The van der Waals surface area contributed by atoms with Crippen LogP contribution in [0.5, 0.6) is 0 Å². The zero-order valence-corrected chi connectivity index (χ0v) is 14.2. The Labute approximate surface area is 132 Å². The Balaban J connectivity index is 2.96. The van der Waals surface area contributed by atoms with Crippen LogP contribution in [0.15, 0.2) is 21.5 Å². The Bertz CT molecular complexity index is 628. The van der Waals surface area contributed by atoms with E-state index in [1.54, 1.807) is 13.8 Å². The number of hydrogen-bond donors (Lipinski definition) is 3. The number of aromatic carboxylic acids is 1. The lowest BCUT2D eigenvalue weighted by Crippen LogP contribution is -2.25. The average molecular weight is 380 g/mol. The van der Waals surface area contributed by atoms with Crippen molar-refractivity contribution in [1.29, 1.82) is 0 Å². The number of carboxylic acid groups (broad SMARTS) is 1. The van der Waals surface area contributed by atoms with E-state index in [1.165, 1.54) is 6.07 Å². The van der Waals surface area contributed by atoms with Gasteiger partial charge >= 0.3 is 5.97 Å². The third kappa shape index (κ3) is 5.06. The van der Waals surface area contributed by atoms with Crippen LogP contribution in [0.1, 0.15) is 35.7 Å². The highest BCUT2D eigenvalue weighted by atomic mass is 79.9. The van der Waals surface area contributed by atoms with E-state index in [-0.39, 0.29) is 17.0 Å². The van der Waals surface area contributed by atoms with Crippen molar-refractivity contribution < 1.29 is 23.4 Å². The van der Waals surface area contributed by atoms with Gasteiger partial charge in [-0.2, -0.15) is 0 Å². The second kappa shape index (κ2) is 7.35. The van der Waals surface area contributed by atoms with Gasteiger partial charge in [0, 0.05) is 11.0 Å². The first-order valence-electron chi connectivity index (χ1n) is 6.36. The largest absolute Gasteiger partial charge is 0.478 e. The molecule has 1 aromatic rings. The molecular formula is C13H18BrNO5S.